The molecule has 0 amide bonds. The van der Waals surface area contributed by atoms with Crippen LogP contribution in [0.5, 0.6) is 0 Å². The van der Waals surface area contributed by atoms with E-state index in [0.29, 0.717) is 11.5 Å². The summed E-state index contributed by atoms with van der Waals surface area (Å²) in [4.78, 5) is 1.58. The normalized spacial score (nSPS) is 31.5. The van der Waals surface area contributed by atoms with Gasteiger partial charge in [0.2, 0.25) is 0 Å². The summed E-state index contributed by atoms with van der Waals surface area (Å²) in [6, 6.07) is 11.8. The monoisotopic (exact) mass is 259 g/mol. The van der Waals surface area contributed by atoms with Gasteiger partial charge in [-0.1, -0.05) is 32.0 Å². The predicted octanol–water partition coefficient (Wildman–Crippen LogP) is 4.39. The Kier molecular flexibility index (Phi) is 2.95. The van der Waals surface area contributed by atoms with E-state index in [9.17, 15) is 0 Å². The van der Waals surface area contributed by atoms with E-state index in [-0.39, 0.29) is 0 Å². The van der Waals surface area contributed by atoms with Crippen molar-refractivity contribution in [2.75, 3.05) is 7.05 Å². The molecule has 18 heavy (non-hydrogen) atoms. The maximum atomic E-state index is 3.48. The molecule has 1 aromatic heterocycles. The van der Waals surface area contributed by atoms with Crippen LogP contribution in [-0.2, 0) is 0 Å². The largest absolute Gasteiger partial charge is 0.316 e. The molecule has 1 aromatic carbocycles. The molecule has 1 saturated carbocycles. The zero-order valence-electron chi connectivity index (χ0n) is 11.4. The van der Waals surface area contributed by atoms with Crippen LogP contribution < -0.4 is 5.32 Å². The predicted molar refractivity (Wildman–Crippen MR) is 80.4 cm³/mol. The fourth-order valence-corrected chi connectivity index (χ4v) is 4.75. The van der Waals surface area contributed by atoms with Gasteiger partial charge in [0.05, 0.1) is 0 Å². The Morgan fingerprint density at radius 3 is 2.83 bits per heavy atom. The van der Waals surface area contributed by atoms with Crippen LogP contribution in [0.15, 0.2) is 30.3 Å². The average Bonchev–Trinajstić information content (AvgIpc) is 2.80. The zero-order chi connectivity index (χ0) is 12.8. The highest BCUT2D eigenvalue weighted by Gasteiger charge is 2.50. The van der Waals surface area contributed by atoms with Crippen molar-refractivity contribution in [3.63, 3.8) is 0 Å². The van der Waals surface area contributed by atoms with Gasteiger partial charge in [-0.15, -0.1) is 11.3 Å². The average molecular weight is 259 g/mol. The molecule has 2 aromatic rings. The zero-order valence-corrected chi connectivity index (χ0v) is 12.2. The van der Waals surface area contributed by atoms with Crippen molar-refractivity contribution in [2.45, 2.75) is 38.6 Å². The van der Waals surface area contributed by atoms with Crippen molar-refractivity contribution >= 4 is 21.4 Å². The van der Waals surface area contributed by atoms with Crippen LogP contribution in [0.25, 0.3) is 10.1 Å². The Morgan fingerprint density at radius 1 is 1.39 bits per heavy atom. The first kappa shape index (κ1) is 12.2. The van der Waals surface area contributed by atoms with E-state index in [4.69, 9.17) is 0 Å². The number of benzene rings is 1. The molecule has 0 aliphatic heterocycles. The molecule has 1 nitrogen and oxygen atoms in total. The van der Waals surface area contributed by atoms with Gasteiger partial charge in [0.1, 0.15) is 0 Å². The Labute approximate surface area is 113 Å². The van der Waals surface area contributed by atoms with Crippen molar-refractivity contribution in [3.8, 4) is 0 Å². The topological polar surface area (TPSA) is 12.0 Å². The third-order valence-electron chi connectivity index (χ3n) is 4.96. The Morgan fingerprint density at radius 2 is 2.17 bits per heavy atom. The SMILES string of the molecule is CCC1(C)C(NC)CC1c1cc2ccccc2s1. The quantitative estimate of drug-likeness (QED) is 0.862. The summed E-state index contributed by atoms with van der Waals surface area (Å²) < 4.78 is 1.43. The summed E-state index contributed by atoms with van der Waals surface area (Å²) in [6.07, 6.45) is 2.53. The minimum atomic E-state index is 0.426. The Balaban J connectivity index is 1.96. The molecular weight excluding hydrogens is 238 g/mol. The fraction of sp³-hybridized carbons (Fsp3) is 0.500. The molecule has 0 bridgehead atoms. The highest BCUT2D eigenvalue weighted by molar-refractivity contribution is 7.19. The minimum absolute atomic E-state index is 0.426. The van der Waals surface area contributed by atoms with Crippen LogP contribution >= 0.6 is 11.3 Å². The lowest BCUT2D eigenvalue weighted by Gasteiger charge is -2.54. The molecule has 1 fully saturated rings. The summed E-state index contributed by atoms with van der Waals surface area (Å²) in [5.41, 5.74) is 0.426. The molecular formula is C16H21NS. The molecule has 1 aliphatic rings. The van der Waals surface area contributed by atoms with Gasteiger partial charge in [0, 0.05) is 21.5 Å². The number of nitrogens with one attached hydrogen (secondary N) is 1. The van der Waals surface area contributed by atoms with Gasteiger partial charge in [0.25, 0.3) is 0 Å². The standard InChI is InChI=1S/C16H21NS/c1-4-16(2)12(10-15(16)17-3)14-9-11-7-5-6-8-13(11)18-14/h5-9,12,15,17H,4,10H2,1-3H3. The first-order valence-electron chi connectivity index (χ1n) is 6.84. The third kappa shape index (κ3) is 1.63. The summed E-state index contributed by atoms with van der Waals surface area (Å²) >= 11 is 1.98. The molecule has 3 rings (SSSR count). The number of hydrogen-bond acceptors (Lipinski definition) is 2. The van der Waals surface area contributed by atoms with Crippen LogP contribution in [0.3, 0.4) is 0 Å². The van der Waals surface area contributed by atoms with E-state index in [1.807, 2.05) is 11.3 Å². The van der Waals surface area contributed by atoms with Crippen LogP contribution in [0.2, 0.25) is 0 Å². The fourth-order valence-electron chi connectivity index (χ4n) is 3.41. The van der Waals surface area contributed by atoms with Crippen molar-refractivity contribution < 1.29 is 0 Å². The molecule has 0 radical (unpaired) electrons. The molecule has 0 spiro atoms. The lowest BCUT2D eigenvalue weighted by atomic mass is 9.55. The highest BCUT2D eigenvalue weighted by atomic mass is 32.1. The maximum Gasteiger partial charge on any atom is 0.0345 e. The van der Waals surface area contributed by atoms with Gasteiger partial charge in [-0.2, -0.15) is 0 Å². The number of rotatable bonds is 3. The van der Waals surface area contributed by atoms with Crippen LogP contribution in [0, 0.1) is 5.41 Å². The molecule has 3 unspecified atom stereocenters. The molecule has 3 atom stereocenters. The van der Waals surface area contributed by atoms with E-state index in [2.05, 4.69) is 56.5 Å². The summed E-state index contributed by atoms with van der Waals surface area (Å²) in [5.74, 6) is 0.734. The second kappa shape index (κ2) is 4.36. The van der Waals surface area contributed by atoms with Gasteiger partial charge in [-0.05, 0) is 42.8 Å². The first-order chi connectivity index (χ1) is 8.69. The van der Waals surface area contributed by atoms with Crippen molar-refractivity contribution in [1.82, 2.24) is 5.32 Å². The van der Waals surface area contributed by atoms with Crippen molar-refractivity contribution in [2.24, 2.45) is 5.41 Å². The second-order valence-corrected chi connectivity index (χ2v) is 6.79. The van der Waals surface area contributed by atoms with Crippen LogP contribution in [-0.4, -0.2) is 13.1 Å². The van der Waals surface area contributed by atoms with E-state index in [1.165, 1.54) is 22.9 Å². The van der Waals surface area contributed by atoms with Crippen molar-refractivity contribution in [3.05, 3.63) is 35.2 Å². The maximum absolute atomic E-state index is 3.48. The van der Waals surface area contributed by atoms with Gasteiger partial charge < -0.3 is 5.32 Å². The van der Waals surface area contributed by atoms with Crippen LogP contribution in [0.4, 0.5) is 0 Å². The van der Waals surface area contributed by atoms with Crippen LogP contribution in [0.1, 0.15) is 37.5 Å². The molecule has 0 saturated heterocycles. The molecule has 96 valence electrons. The summed E-state index contributed by atoms with van der Waals surface area (Å²) in [6.45, 7) is 4.76. The van der Waals surface area contributed by atoms with E-state index < -0.39 is 0 Å². The number of hydrogen-bond donors (Lipinski definition) is 1. The second-order valence-electron chi connectivity index (χ2n) is 5.68. The van der Waals surface area contributed by atoms with Crippen molar-refractivity contribution in [1.29, 1.82) is 0 Å². The summed E-state index contributed by atoms with van der Waals surface area (Å²) in [7, 11) is 2.10. The van der Waals surface area contributed by atoms with Gasteiger partial charge in [0.15, 0.2) is 0 Å². The third-order valence-corrected chi connectivity index (χ3v) is 6.19. The minimum Gasteiger partial charge on any atom is -0.316 e. The van der Waals surface area contributed by atoms with E-state index >= 15 is 0 Å². The Bertz CT molecular complexity index is 526. The van der Waals surface area contributed by atoms with E-state index in [1.54, 1.807) is 4.88 Å². The molecule has 1 heterocycles. The number of thiophene rings is 1. The lowest BCUT2D eigenvalue weighted by Crippen LogP contribution is -2.55. The highest BCUT2D eigenvalue weighted by Crippen LogP contribution is 2.56. The molecule has 2 heteroatoms. The van der Waals surface area contributed by atoms with Gasteiger partial charge >= 0.3 is 0 Å². The van der Waals surface area contributed by atoms with Gasteiger partial charge in [-0.3, -0.25) is 0 Å². The van der Waals surface area contributed by atoms with Gasteiger partial charge in [-0.25, -0.2) is 0 Å². The smallest absolute Gasteiger partial charge is 0.0345 e. The lowest BCUT2D eigenvalue weighted by molar-refractivity contribution is 0.0516. The number of fused-ring (bicyclic) bond motifs is 1. The molecule has 1 N–H and O–H groups in total. The molecule has 1 aliphatic carbocycles. The summed E-state index contributed by atoms with van der Waals surface area (Å²) in [5, 5.41) is 4.89. The van der Waals surface area contributed by atoms with E-state index in [0.717, 1.165) is 5.92 Å². The Hall–Kier alpha value is -0.860. The first-order valence-corrected chi connectivity index (χ1v) is 7.66.